The minimum Gasteiger partial charge on any atom is -0.491 e. The number of aryl methyl sites for hydroxylation is 4. The second kappa shape index (κ2) is 42.1. The van der Waals surface area contributed by atoms with Crippen LogP contribution in [0, 0.1) is 0 Å². The first-order valence-corrected chi connectivity index (χ1v) is 43.0. The van der Waals surface area contributed by atoms with E-state index in [0.29, 0.717) is 38.8 Å². The Hall–Kier alpha value is -10.1. The minimum absolute atomic E-state index is 0.00633. The van der Waals surface area contributed by atoms with Gasteiger partial charge in [-0.2, -0.15) is 0 Å². The molecule has 658 valence electrons. The second-order valence-electron chi connectivity index (χ2n) is 33.5. The summed E-state index contributed by atoms with van der Waals surface area (Å²) >= 11 is 0. The van der Waals surface area contributed by atoms with Crippen molar-refractivity contribution in [2.24, 2.45) is 28.2 Å². The highest BCUT2D eigenvalue weighted by Crippen LogP contribution is 2.32. The highest BCUT2D eigenvalue weighted by molar-refractivity contribution is 5.85. The average Bonchev–Trinajstić information content (AvgIpc) is 1.61. The Balaban J connectivity index is 0.000000142. The van der Waals surface area contributed by atoms with Gasteiger partial charge >= 0.3 is 34.1 Å². The number of para-hydroxylation sites is 7. The van der Waals surface area contributed by atoms with Crippen molar-refractivity contribution in [1.82, 2.24) is 64.6 Å². The molecule has 29 nitrogen and oxygen atoms in total. The molecule has 0 N–H and O–H groups in total. The number of hydrogen-bond donors (Lipinski definition) is 0. The topological polar surface area (TPSA) is 251 Å². The zero-order valence-electron chi connectivity index (χ0n) is 74.7. The van der Waals surface area contributed by atoms with Crippen LogP contribution in [0.25, 0.3) is 66.2 Å². The molecule has 121 heavy (non-hydrogen) atoms. The van der Waals surface area contributed by atoms with Gasteiger partial charge < -0.3 is 47.5 Å². The van der Waals surface area contributed by atoms with Crippen LogP contribution in [-0.4, -0.2) is 196 Å². The SMILES string of the molecule is CC(C)n1c(=O)n(C)c2c(OCC3CCCO3)cccc21.CC(C)n1c(=O)n(C)c2c(OC[C@H]3CCCO3)cccc21.CC(C)n1c(=O)n(C)c2cc(OCC3CCCO3)ccc21.CC(C)n1c(=O)n(CCN(C)C)c2ccccc21.CC(C)n1c(=O)n(CCN2CCOCC2)c2ccccc21.COCCOc1cccc2c1n(C)c(=O)n2C(C)C. The number of methoxy groups -OCH3 is 1. The number of aromatic nitrogens is 12. The van der Waals surface area contributed by atoms with Crippen molar-refractivity contribution in [2.75, 3.05) is 113 Å². The number of rotatable bonds is 25. The van der Waals surface area contributed by atoms with Crippen LogP contribution in [0.2, 0.25) is 0 Å². The summed E-state index contributed by atoms with van der Waals surface area (Å²) < 4.78 is 71.8. The molecule has 0 aliphatic carbocycles. The van der Waals surface area contributed by atoms with Gasteiger partial charge in [0.25, 0.3) is 0 Å². The van der Waals surface area contributed by atoms with Gasteiger partial charge in [0, 0.05) is 137 Å². The molecule has 4 aliphatic heterocycles. The van der Waals surface area contributed by atoms with Gasteiger partial charge in [0.05, 0.1) is 87.8 Å². The molecule has 6 aromatic heterocycles. The number of likely N-dealkylation sites (N-methyl/N-ethyl adjacent to an activating group) is 1. The van der Waals surface area contributed by atoms with Gasteiger partial charge in [0.1, 0.15) is 66.0 Å². The highest BCUT2D eigenvalue weighted by atomic mass is 16.5. The van der Waals surface area contributed by atoms with E-state index in [1.165, 1.54) is 0 Å². The fourth-order valence-electron chi connectivity index (χ4n) is 16.4. The van der Waals surface area contributed by atoms with Gasteiger partial charge in [-0.1, -0.05) is 42.5 Å². The van der Waals surface area contributed by atoms with E-state index < -0.39 is 0 Å². The van der Waals surface area contributed by atoms with Crippen LogP contribution in [-0.2, 0) is 65.0 Å². The van der Waals surface area contributed by atoms with Gasteiger partial charge in [0.2, 0.25) is 0 Å². The van der Waals surface area contributed by atoms with Crippen molar-refractivity contribution >= 4 is 66.2 Å². The van der Waals surface area contributed by atoms with Gasteiger partial charge in [-0.05, 0) is 209 Å². The van der Waals surface area contributed by atoms with Gasteiger partial charge in [0.15, 0.2) is 0 Å². The summed E-state index contributed by atoms with van der Waals surface area (Å²) in [4.78, 5) is 78.9. The maximum Gasteiger partial charge on any atom is 0.329 e. The zero-order valence-corrected chi connectivity index (χ0v) is 74.7. The first kappa shape index (κ1) is 91.6. The Morgan fingerprint density at radius 1 is 0.364 bits per heavy atom. The lowest BCUT2D eigenvalue weighted by Gasteiger charge is -2.26. The second-order valence-corrected chi connectivity index (χ2v) is 33.5. The molecule has 2 unspecified atom stereocenters. The number of imidazole rings is 6. The largest absolute Gasteiger partial charge is 0.491 e. The maximum atomic E-state index is 12.7. The summed E-state index contributed by atoms with van der Waals surface area (Å²) in [5.74, 6) is 3.01. The minimum atomic E-state index is -0.0206. The van der Waals surface area contributed by atoms with Crippen LogP contribution in [0.4, 0.5) is 0 Å². The summed E-state index contributed by atoms with van der Waals surface area (Å²) in [5.41, 5.74) is 11.4. The fraction of sp³-hybridized carbons (Fsp3) is 0.543. The summed E-state index contributed by atoms with van der Waals surface area (Å²) in [6.07, 6.45) is 6.99. The normalized spacial score (nSPS) is 16.3. The van der Waals surface area contributed by atoms with Crippen LogP contribution in [0.5, 0.6) is 23.0 Å². The summed E-state index contributed by atoms with van der Waals surface area (Å²) in [7, 11) is 12.8. The van der Waals surface area contributed by atoms with Crippen LogP contribution in [0.1, 0.15) is 158 Å². The first-order chi connectivity index (χ1) is 58.0. The Labute approximate surface area is 708 Å². The standard InChI is InChI=1S/C16H23N3O2.3C16H22N2O3.C14H21N3O.C14H20N2O3/c1-13(2)19-15-6-4-3-5-14(15)18(16(19)20)8-7-17-9-11-21-12-10-17;2*1-11(2)18-13-7-4-8-14(15(13)17(3)16(18)19)21-10-12-6-5-9-20-12;1-11(2)18-14-7-6-12(9-15(14)17(3)16(18)19)21-10-13-5-4-8-20-13;1-11(2)17-13-8-6-5-7-12(13)16(14(17)18)10-9-15(3)4;1-10(2)16-11-6-5-7-12(19-9-8-18-4)13(11)15(3)14(16)17/h3-6,13H,7-12H2,1-2H3;2*4,7-8,11-12H,5-6,9-10H2,1-3H3;6-7,9,11,13H,4-5,8,10H2,1-3H3;5-8,11H,9-10H2,1-4H3;5-7,10H,8-9H2,1-4H3/t;12-;;;;/m.1..../s1. The number of morpholine rings is 1. The molecule has 3 atom stereocenters. The lowest BCUT2D eigenvalue weighted by atomic mass is 10.2. The molecule has 16 rings (SSSR count). The van der Waals surface area contributed by atoms with Crippen molar-refractivity contribution in [2.45, 2.75) is 189 Å². The van der Waals surface area contributed by atoms with Gasteiger partial charge in [-0.25, -0.2) is 28.8 Å². The summed E-state index contributed by atoms with van der Waals surface area (Å²) in [5, 5.41) is 0. The summed E-state index contributed by atoms with van der Waals surface area (Å²) in [6.45, 7) is 36.1. The highest BCUT2D eigenvalue weighted by Gasteiger charge is 2.26. The quantitative estimate of drug-likeness (QED) is 0.0482. The van der Waals surface area contributed by atoms with E-state index in [9.17, 15) is 28.8 Å². The number of fused-ring (bicyclic) bond motifs is 6. The molecular formula is C92H130N14O15. The van der Waals surface area contributed by atoms with E-state index in [1.54, 1.807) is 71.8 Å². The predicted octanol–water partition coefficient (Wildman–Crippen LogP) is 13.0. The molecule has 10 heterocycles. The van der Waals surface area contributed by atoms with E-state index in [2.05, 4.69) is 23.6 Å². The van der Waals surface area contributed by atoms with Crippen LogP contribution in [0.3, 0.4) is 0 Å². The first-order valence-electron chi connectivity index (χ1n) is 43.0. The van der Waals surface area contributed by atoms with Gasteiger partial charge in [-0.15, -0.1) is 0 Å². The van der Waals surface area contributed by atoms with E-state index >= 15 is 0 Å². The number of hydrogen-bond acceptors (Lipinski definition) is 17. The molecule has 4 fully saturated rings. The molecule has 0 spiro atoms. The third-order valence-electron chi connectivity index (χ3n) is 22.5. The Morgan fingerprint density at radius 3 is 1.09 bits per heavy atom. The third kappa shape index (κ3) is 21.1. The van der Waals surface area contributed by atoms with E-state index in [0.717, 1.165) is 194 Å². The zero-order chi connectivity index (χ0) is 87.0. The Morgan fingerprint density at radius 2 is 0.711 bits per heavy atom. The molecule has 6 aromatic carbocycles. The summed E-state index contributed by atoms with van der Waals surface area (Å²) in [6, 6.07) is 40.1. The van der Waals surface area contributed by atoms with Crippen molar-refractivity contribution in [3.8, 4) is 23.0 Å². The molecule has 0 radical (unpaired) electrons. The monoisotopic (exact) mass is 1670 g/mol. The smallest absolute Gasteiger partial charge is 0.329 e. The lowest BCUT2D eigenvalue weighted by molar-refractivity contribution is 0.0364. The molecule has 0 saturated carbocycles. The molecule has 0 amide bonds. The fourth-order valence-corrected chi connectivity index (χ4v) is 16.4. The predicted molar refractivity (Wildman–Crippen MR) is 480 cm³/mol. The molecule has 12 aromatic rings. The Bertz CT molecular complexity index is 5660. The van der Waals surface area contributed by atoms with Crippen LogP contribution in [0.15, 0.2) is 150 Å². The van der Waals surface area contributed by atoms with Crippen molar-refractivity contribution in [3.63, 3.8) is 0 Å². The lowest BCUT2D eigenvalue weighted by Crippen LogP contribution is -2.39. The third-order valence-corrected chi connectivity index (χ3v) is 22.5. The van der Waals surface area contributed by atoms with Crippen LogP contribution >= 0.6 is 0 Å². The number of nitrogens with zero attached hydrogens (tertiary/aromatic N) is 14. The number of benzene rings is 6. The molecular weight excluding hydrogens is 1540 g/mol. The van der Waals surface area contributed by atoms with Crippen molar-refractivity contribution < 1.29 is 42.6 Å². The van der Waals surface area contributed by atoms with E-state index in [4.69, 9.17) is 42.6 Å². The Kier molecular flexibility index (Phi) is 31.9. The maximum absolute atomic E-state index is 12.7. The van der Waals surface area contributed by atoms with Gasteiger partial charge in [-0.3, -0.25) is 59.7 Å². The molecule has 4 aliphatic rings. The number of ether oxygens (including phenoxy) is 9. The molecule has 0 bridgehead atoms. The van der Waals surface area contributed by atoms with Crippen molar-refractivity contribution in [1.29, 1.82) is 0 Å². The molecule has 4 saturated heterocycles. The van der Waals surface area contributed by atoms with Crippen LogP contribution < -0.4 is 53.1 Å². The van der Waals surface area contributed by atoms with E-state index in [1.807, 2.05) is 223 Å². The van der Waals surface area contributed by atoms with E-state index in [-0.39, 0.29) is 88.7 Å². The molecule has 29 heteroatoms. The average molecular weight is 1670 g/mol. The van der Waals surface area contributed by atoms with Crippen molar-refractivity contribution in [3.05, 3.63) is 184 Å².